The van der Waals surface area contributed by atoms with Gasteiger partial charge < -0.3 is 14.1 Å². The van der Waals surface area contributed by atoms with Crippen LogP contribution in [-0.2, 0) is 9.53 Å². The highest BCUT2D eigenvalue weighted by atomic mass is 16.5. The van der Waals surface area contributed by atoms with Gasteiger partial charge in [-0.2, -0.15) is 0 Å². The lowest BCUT2D eigenvalue weighted by Gasteiger charge is -2.25. The first-order valence-electron chi connectivity index (χ1n) is 11.2. The first-order chi connectivity index (χ1) is 16.6. The number of furan rings is 1. The summed E-state index contributed by atoms with van der Waals surface area (Å²) in [5.74, 6) is 0.581. The number of allylic oxidation sites excluding steroid dienone is 2. The number of hydrogen-bond acceptors (Lipinski definition) is 4. The second-order valence-corrected chi connectivity index (χ2v) is 8.19. The van der Waals surface area contributed by atoms with Crippen molar-refractivity contribution >= 4 is 50.4 Å². The molecule has 4 aromatic carbocycles. The molecule has 0 amide bonds. The monoisotopic (exact) mass is 447 g/mol. The van der Waals surface area contributed by atoms with E-state index >= 15 is 0 Å². The van der Waals surface area contributed by atoms with Gasteiger partial charge in [-0.15, -0.1) is 0 Å². The molecule has 0 saturated heterocycles. The van der Waals surface area contributed by atoms with Crippen LogP contribution in [0, 0.1) is 0 Å². The Bertz CT molecular complexity index is 1510. The molecule has 0 N–H and O–H groups in total. The van der Waals surface area contributed by atoms with Crippen molar-refractivity contribution in [2.75, 3.05) is 12.0 Å². The van der Waals surface area contributed by atoms with Gasteiger partial charge in [-0.3, -0.25) is 4.79 Å². The number of Topliss-reactive ketones (excluding diaryl/α,β-unsaturated/α-hetero) is 1. The second kappa shape index (κ2) is 8.91. The highest BCUT2D eigenvalue weighted by Crippen LogP contribution is 2.38. The normalized spacial score (nSPS) is 12.0. The molecular formula is C30H25NO3. The zero-order chi connectivity index (χ0) is 23.7. The summed E-state index contributed by atoms with van der Waals surface area (Å²) < 4.78 is 11.5. The van der Waals surface area contributed by atoms with Gasteiger partial charge in [0.15, 0.2) is 5.78 Å². The van der Waals surface area contributed by atoms with Gasteiger partial charge in [-0.25, -0.2) is 0 Å². The Kier molecular flexibility index (Phi) is 5.64. The van der Waals surface area contributed by atoms with Crippen LogP contribution in [0.1, 0.15) is 19.4 Å². The topological polar surface area (TPSA) is 42.7 Å². The average Bonchev–Trinajstić information content (AvgIpc) is 3.23. The van der Waals surface area contributed by atoms with E-state index in [2.05, 4.69) is 41.3 Å². The van der Waals surface area contributed by atoms with E-state index in [4.69, 9.17) is 9.15 Å². The summed E-state index contributed by atoms with van der Waals surface area (Å²) in [6.07, 6.45) is 0. The van der Waals surface area contributed by atoms with Gasteiger partial charge in [-0.1, -0.05) is 48.5 Å². The Labute approximate surface area is 198 Å². The minimum atomic E-state index is -0.0256. The van der Waals surface area contributed by atoms with Crippen molar-refractivity contribution in [1.29, 1.82) is 0 Å². The largest absolute Gasteiger partial charge is 0.501 e. The van der Waals surface area contributed by atoms with Crippen molar-refractivity contribution < 1.29 is 13.9 Å². The van der Waals surface area contributed by atoms with Crippen LogP contribution in [0.5, 0.6) is 0 Å². The molecule has 168 valence electrons. The van der Waals surface area contributed by atoms with Crippen LogP contribution in [0.4, 0.5) is 17.1 Å². The van der Waals surface area contributed by atoms with Crippen molar-refractivity contribution in [3.63, 3.8) is 0 Å². The van der Waals surface area contributed by atoms with E-state index in [1.54, 1.807) is 14.0 Å². The SMILES string of the molecule is CO/C(C)=C(\C(C)=O)c1ccc(N(c2ccccc2)c2ccc3c(c2)oc2ccccc23)cc1. The first-order valence-corrected chi connectivity index (χ1v) is 11.2. The van der Waals surface area contributed by atoms with Crippen molar-refractivity contribution in [3.8, 4) is 0 Å². The minimum Gasteiger partial charge on any atom is -0.501 e. The van der Waals surface area contributed by atoms with Crippen molar-refractivity contribution in [2.45, 2.75) is 13.8 Å². The number of nitrogens with zero attached hydrogens (tertiary/aromatic N) is 1. The molecule has 34 heavy (non-hydrogen) atoms. The summed E-state index contributed by atoms with van der Waals surface area (Å²) in [5, 5.41) is 2.20. The van der Waals surface area contributed by atoms with Crippen LogP contribution in [0.3, 0.4) is 0 Å². The van der Waals surface area contributed by atoms with E-state index in [-0.39, 0.29) is 5.78 Å². The number of benzene rings is 4. The Morgan fingerprint density at radius 1 is 0.706 bits per heavy atom. The third kappa shape index (κ3) is 3.84. The van der Waals surface area contributed by atoms with E-state index in [0.29, 0.717) is 11.3 Å². The highest BCUT2D eigenvalue weighted by Gasteiger charge is 2.17. The van der Waals surface area contributed by atoms with E-state index < -0.39 is 0 Å². The summed E-state index contributed by atoms with van der Waals surface area (Å²) in [6.45, 7) is 3.37. The summed E-state index contributed by atoms with van der Waals surface area (Å²) >= 11 is 0. The molecule has 0 atom stereocenters. The lowest BCUT2D eigenvalue weighted by molar-refractivity contribution is -0.111. The number of carbonyl (C=O) groups is 1. The number of anilines is 3. The fourth-order valence-electron chi connectivity index (χ4n) is 4.41. The fourth-order valence-corrected chi connectivity index (χ4v) is 4.41. The quantitative estimate of drug-likeness (QED) is 0.195. The van der Waals surface area contributed by atoms with Gasteiger partial charge in [0.25, 0.3) is 0 Å². The second-order valence-electron chi connectivity index (χ2n) is 8.19. The van der Waals surface area contributed by atoms with Crippen molar-refractivity contribution in [3.05, 3.63) is 108 Å². The summed E-state index contributed by atoms with van der Waals surface area (Å²) in [7, 11) is 1.58. The first kappa shape index (κ1) is 21.5. The molecule has 0 saturated carbocycles. The average molecular weight is 448 g/mol. The van der Waals surface area contributed by atoms with E-state index in [9.17, 15) is 4.79 Å². The Morgan fingerprint density at radius 3 is 2.03 bits per heavy atom. The molecule has 0 aliphatic rings. The van der Waals surface area contributed by atoms with Crippen LogP contribution in [0.25, 0.3) is 27.5 Å². The maximum atomic E-state index is 12.2. The van der Waals surface area contributed by atoms with Crippen LogP contribution in [-0.4, -0.2) is 12.9 Å². The Balaban J connectivity index is 1.63. The van der Waals surface area contributed by atoms with Crippen LogP contribution < -0.4 is 4.90 Å². The van der Waals surface area contributed by atoms with Gasteiger partial charge in [0.05, 0.1) is 12.7 Å². The number of methoxy groups -OCH3 is 1. The lowest BCUT2D eigenvalue weighted by atomic mass is 10.0. The molecule has 1 aromatic heterocycles. The standard InChI is InChI=1S/C30H25NO3/c1-20(32)30(21(2)33-3)22-13-15-24(16-14-22)31(23-9-5-4-6-10-23)25-17-18-27-26-11-7-8-12-28(26)34-29(27)19-25/h4-19H,1-3H3/b30-21+. The number of ether oxygens (including phenoxy) is 1. The van der Waals surface area contributed by atoms with E-state index in [1.165, 1.54) is 0 Å². The summed E-state index contributed by atoms with van der Waals surface area (Å²) in [5.41, 5.74) is 6.13. The van der Waals surface area contributed by atoms with Gasteiger partial charge in [0.2, 0.25) is 0 Å². The number of hydrogen-bond donors (Lipinski definition) is 0. The highest BCUT2D eigenvalue weighted by molar-refractivity contribution is 6.20. The molecule has 0 unspecified atom stereocenters. The van der Waals surface area contributed by atoms with E-state index in [0.717, 1.165) is 44.6 Å². The number of para-hydroxylation sites is 2. The molecule has 5 rings (SSSR count). The minimum absolute atomic E-state index is 0.0256. The van der Waals surface area contributed by atoms with Gasteiger partial charge in [0.1, 0.15) is 16.9 Å². The molecule has 5 aromatic rings. The van der Waals surface area contributed by atoms with Gasteiger partial charge >= 0.3 is 0 Å². The lowest BCUT2D eigenvalue weighted by Crippen LogP contribution is -2.10. The molecule has 0 bridgehead atoms. The van der Waals surface area contributed by atoms with Crippen LogP contribution in [0.2, 0.25) is 0 Å². The molecule has 0 radical (unpaired) electrons. The molecule has 0 spiro atoms. The van der Waals surface area contributed by atoms with Crippen molar-refractivity contribution in [2.24, 2.45) is 0 Å². The van der Waals surface area contributed by atoms with Crippen LogP contribution >= 0.6 is 0 Å². The molecule has 0 aliphatic carbocycles. The number of carbonyl (C=O) groups excluding carboxylic acids is 1. The van der Waals surface area contributed by atoms with E-state index in [1.807, 2.05) is 67.6 Å². The number of rotatable bonds is 6. The third-order valence-corrected chi connectivity index (χ3v) is 6.06. The van der Waals surface area contributed by atoms with Crippen LogP contribution in [0.15, 0.2) is 107 Å². The third-order valence-electron chi connectivity index (χ3n) is 6.06. The predicted molar refractivity (Wildman–Crippen MR) is 139 cm³/mol. The molecule has 0 fully saturated rings. The van der Waals surface area contributed by atoms with Gasteiger partial charge in [-0.05, 0) is 61.9 Å². The maximum absolute atomic E-state index is 12.2. The predicted octanol–water partition coefficient (Wildman–Crippen LogP) is 8.02. The molecule has 1 heterocycles. The number of fused-ring (bicyclic) bond motifs is 3. The zero-order valence-electron chi connectivity index (χ0n) is 19.4. The molecule has 4 nitrogen and oxygen atoms in total. The Morgan fingerprint density at radius 2 is 1.32 bits per heavy atom. The summed E-state index contributed by atoms with van der Waals surface area (Å²) in [6, 6.07) is 32.6. The smallest absolute Gasteiger partial charge is 0.163 e. The zero-order valence-corrected chi connectivity index (χ0v) is 19.4. The summed E-state index contributed by atoms with van der Waals surface area (Å²) in [4.78, 5) is 14.4. The molecule has 0 aliphatic heterocycles. The molecule has 4 heteroatoms. The fraction of sp³-hybridized carbons (Fsp3) is 0.100. The number of ketones is 1. The molecular weight excluding hydrogens is 422 g/mol. The van der Waals surface area contributed by atoms with Crippen molar-refractivity contribution in [1.82, 2.24) is 0 Å². The van der Waals surface area contributed by atoms with Gasteiger partial charge in [0, 0.05) is 33.9 Å². The maximum Gasteiger partial charge on any atom is 0.163 e. The Hall–Kier alpha value is -4.31.